The standard InChI is InChI=1S/C17H22ClN3O.ClH/c1-17(2)11-21(8-7-15(17)19)9-14-10-22-16(20-14)12-3-5-13(18)6-4-12;/h3-6,10,15H,7-9,11,19H2,1-2H3;1H. The molecular formula is C17H23Cl2N3O. The third kappa shape index (κ3) is 4.27. The normalized spacial score (nSPS) is 21.0. The molecule has 1 aliphatic heterocycles. The summed E-state index contributed by atoms with van der Waals surface area (Å²) in [5.74, 6) is 0.639. The van der Waals surface area contributed by atoms with Gasteiger partial charge in [-0.2, -0.15) is 0 Å². The van der Waals surface area contributed by atoms with Crippen molar-refractivity contribution in [3.63, 3.8) is 0 Å². The zero-order valence-corrected chi connectivity index (χ0v) is 15.0. The van der Waals surface area contributed by atoms with Crippen molar-refractivity contribution >= 4 is 24.0 Å². The highest BCUT2D eigenvalue weighted by Crippen LogP contribution is 2.29. The molecule has 1 fully saturated rings. The lowest BCUT2D eigenvalue weighted by atomic mass is 9.80. The molecule has 0 saturated carbocycles. The Morgan fingerprint density at radius 2 is 2.04 bits per heavy atom. The van der Waals surface area contributed by atoms with Gasteiger partial charge in [-0.1, -0.05) is 25.4 Å². The second-order valence-electron chi connectivity index (χ2n) is 6.75. The Hall–Kier alpha value is -1.07. The minimum Gasteiger partial charge on any atom is -0.444 e. The third-order valence-corrected chi connectivity index (χ3v) is 4.67. The number of oxazole rings is 1. The number of hydrogen-bond donors (Lipinski definition) is 1. The zero-order valence-electron chi connectivity index (χ0n) is 13.5. The van der Waals surface area contributed by atoms with Crippen molar-refractivity contribution in [2.24, 2.45) is 11.1 Å². The van der Waals surface area contributed by atoms with Gasteiger partial charge >= 0.3 is 0 Å². The largest absolute Gasteiger partial charge is 0.444 e. The van der Waals surface area contributed by atoms with Gasteiger partial charge in [0.1, 0.15) is 6.26 Å². The molecule has 0 spiro atoms. The minimum atomic E-state index is 0. The van der Waals surface area contributed by atoms with Crippen LogP contribution >= 0.6 is 24.0 Å². The van der Waals surface area contributed by atoms with E-state index in [2.05, 4.69) is 23.7 Å². The van der Waals surface area contributed by atoms with Crippen LogP contribution in [0.15, 0.2) is 34.9 Å². The van der Waals surface area contributed by atoms with E-state index >= 15 is 0 Å². The van der Waals surface area contributed by atoms with Crippen LogP contribution in [-0.2, 0) is 6.54 Å². The Labute approximate surface area is 148 Å². The summed E-state index contributed by atoms with van der Waals surface area (Å²) in [5.41, 5.74) is 8.22. The highest BCUT2D eigenvalue weighted by atomic mass is 35.5. The quantitative estimate of drug-likeness (QED) is 0.904. The number of nitrogens with zero attached hydrogens (tertiary/aromatic N) is 2. The van der Waals surface area contributed by atoms with Gasteiger partial charge in [0.2, 0.25) is 5.89 Å². The number of piperidine rings is 1. The Kier molecular flexibility index (Phi) is 5.74. The first-order chi connectivity index (χ1) is 10.4. The van der Waals surface area contributed by atoms with Crippen LogP contribution in [-0.4, -0.2) is 29.0 Å². The average molecular weight is 356 g/mol. The fraction of sp³-hybridized carbons (Fsp3) is 0.471. The highest BCUT2D eigenvalue weighted by molar-refractivity contribution is 6.30. The van der Waals surface area contributed by atoms with E-state index in [4.69, 9.17) is 21.8 Å². The minimum absolute atomic E-state index is 0. The maximum Gasteiger partial charge on any atom is 0.226 e. The molecule has 1 unspecified atom stereocenters. The van der Waals surface area contributed by atoms with Gasteiger partial charge in [-0.25, -0.2) is 4.98 Å². The van der Waals surface area contributed by atoms with E-state index in [1.807, 2.05) is 24.3 Å². The number of rotatable bonds is 3. The lowest BCUT2D eigenvalue weighted by Gasteiger charge is -2.42. The summed E-state index contributed by atoms with van der Waals surface area (Å²) in [6.45, 7) is 7.25. The summed E-state index contributed by atoms with van der Waals surface area (Å²) in [4.78, 5) is 6.98. The number of likely N-dealkylation sites (tertiary alicyclic amines) is 1. The molecule has 2 aromatic rings. The number of aromatic nitrogens is 1. The van der Waals surface area contributed by atoms with Crippen LogP contribution in [0, 0.1) is 5.41 Å². The molecule has 1 aliphatic rings. The number of halogens is 2. The van der Waals surface area contributed by atoms with Gasteiger partial charge in [0.05, 0.1) is 5.69 Å². The van der Waals surface area contributed by atoms with Crippen molar-refractivity contribution in [3.05, 3.63) is 41.2 Å². The van der Waals surface area contributed by atoms with Gasteiger partial charge in [-0.05, 0) is 36.1 Å². The second-order valence-corrected chi connectivity index (χ2v) is 7.18. The molecule has 3 rings (SSSR count). The van der Waals surface area contributed by atoms with E-state index in [0.717, 1.165) is 37.3 Å². The smallest absolute Gasteiger partial charge is 0.226 e. The predicted molar refractivity (Wildman–Crippen MR) is 95.8 cm³/mol. The fourth-order valence-electron chi connectivity index (χ4n) is 2.95. The zero-order chi connectivity index (χ0) is 15.7. The molecule has 0 radical (unpaired) electrons. The van der Waals surface area contributed by atoms with Crippen LogP contribution in [0.25, 0.3) is 11.5 Å². The third-order valence-electron chi connectivity index (χ3n) is 4.42. The van der Waals surface area contributed by atoms with Gasteiger partial charge < -0.3 is 10.2 Å². The van der Waals surface area contributed by atoms with Crippen LogP contribution < -0.4 is 5.73 Å². The topological polar surface area (TPSA) is 55.3 Å². The maximum absolute atomic E-state index is 6.19. The van der Waals surface area contributed by atoms with Crippen LogP contribution in [0.4, 0.5) is 0 Å². The Morgan fingerprint density at radius 3 is 2.70 bits per heavy atom. The van der Waals surface area contributed by atoms with Gasteiger partial charge in [0.15, 0.2) is 0 Å². The number of nitrogens with two attached hydrogens (primary N) is 1. The molecule has 1 aromatic carbocycles. The average Bonchev–Trinajstić information content (AvgIpc) is 2.92. The summed E-state index contributed by atoms with van der Waals surface area (Å²) < 4.78 is 5.60. The highest BCUT2D eigenvalue weighted by Gasteiger charge is 2.33. The molecule has 1 saturated heterocycles. The molecule has 1 aromatic heterocycles. The SMILES string of the molecule is CC1(C)CN(Cc2coc(-c3ccc(Cl)cc3)n2)CCC1N.Cl. The van der Waals surface area contributed by atoms with Crippen molar-refractivity contribution in [2.75, 3.05) is 13.1 Å². The van der Waals surface area contributed by atoms with Crippen molar-refractivity contribution in [2.45, 2.75) is 32.9 Å². The summed E-state index contributed by atoms with van der Waals surface area (Å²) in [6, 6.07) is 7.79. The summed E-state index contributed by atoms with van der Waals surface area (Å²) in [6.07, 6.45) is 2.76. The van der Waals surface area contributed by atoms with Crippen LogP contribution in [0.3, 0.4) is 0 Å². The van der Waals surface area contributed by atoms with Crippen molar-refractivity contribution < 1.29 is 4.42 Å². The molecule has 2 N–H and O–H groups in total. The summed E-state index contributed by atoms with van der Waals surface area (Å²) in [7, 11) is 0. The van der Waals surface area contributed by atoms with Gasteiger partial charge in [0.25, 0.3) is 0 Å². The van der Waals surface area contributed by atoms with Crippen molar-refractivity contribution in [1.29, 1.82) is 0 Å². The van der Waals surface area contributed by atoms with E-state index in [0.29, 0.717) is 10.9 Å². The molecular weight excluding hydrogens is 333 g/mol. The molecule has 4 nitrogen and oxygen atoms in total. The maximum atomic E-state index is 6.19. The molecule has 0 aliphatic carbocycles. The van der Waals surface area contributed by atoms with Gasteiger partial charge in [-0.3, -0.25) is 4.90 Å². The van der Waals surface area contributed by atoms with E-state index in [1.54, 1.807) is 6.26 Å². The van der Waals surface area contributed by atoms with Crippen molar-refractivity contribution in [3.8, 4) is 11.5 Å². The Morgan fingerprint density at radius 1 is 1.35 bits per heavy atom. The van der Waals surface area contributed by atoms with Crippen molar-refractivity contribution in [1.82, 2.24) is 9.88 Å². The van der Waals surface area contributed by atoms with Crippen LogP contribution in [0.5, 0.6) is 0 Å². The monoisotopic (exact) mass is 355 g/mol. The summed E-state index contributed by atoms with van der Waals surface area (Å²) in [5, 5.41) is 0.711. The number of benzene rings is 1. The van der Waals surface area contributed by atoms with Gasteiger partial charge in [0, 0.05) is 36.3 Å². The Bertz CT molecular complexity index is 640. The first-order valence-corrected chi connectivity index (χ1v) is 8.00. The molecule has 0 amide bonds. The van der Waals surface area contributed by atoms with Gasteiger partial charge in [-0.15, -0.1) is 12.4 Å². The van der Waals surface area contributed by atoms with Crippen LogP contribution in [0.2, 0.25) is 5.02 Å². The van der Waals surface area contributed by atoms with E-state index in [-0.39, 0.29) is 23.9 Å². The molecule has 23 heavy (non-hydrogen) atoms. The fourth-order valence-corrected chi connectivity index (χ4v) is 3.08. The molecule has 126 valence electrons. The number of hydrogen-bond acceptors (Lipinski definition) is 4. The lowest BCUT2D eigenvalue weighted by molar-refractivity contribution is 0.0889. The Balaban J connectivity index is 0.00000192. The predicted octanol–water partition coefficient (Wildman–Crippen LogP) is 3.98. The van der Waals surface area contributed by atoms with Crippen LogP contribution in [0.1, 0.15) is 26.0 Å². The van der Waals surface area contributed by atoms with E-state index in [9.17, 15) is 0 Å². The first kappa shape index (κ1) is 18.3. The summed E-state index contributed by atoms with van der Waals surface area (Å²) >= 11 is 5.90. The molecule has 2 heterocycles. The lowest BCUT2D eigenvalue weighted by Crippen LogP contribution is -2.52. The molecule has 1 atom stereocenters. The van der Waals surface area contributed by atoms with E-state index < -0.39 is 0 Å². The molecule has 6 heteroatoms. The molecule has 0 bridgehead atoms. The second kappa shape index (κ2) is 7.22. The van der Waals surface area contributed by atoms with E-state index in [1.165, 1.54) is 0 Å². The first-order valence-electron chi connectivity index (χ1n) is 7.62.